The van der Waals surface area contributed by atoms with Gasteiger partial charge in [-0.25, -0.2) is 14.2 Å². The van der Waals surface area contributed by atoms with E-state index in [0.29, 0.717) is 23.6 Å². The number of carboxylic acid groups (broad SMARTS) is 1. The SMILES string of the molecule is N#Cc1ccc(-c2cc(N3CCC[C@@H](N(C(=O)O)C4CCCC4)C3)nc(N)n2)cc1F. The molecule has 1 atom stereocenters. The maximum absolute atomic E-state index is 14.1. The van der Waals surface area contributed by atoms with E-state index in [0.717, 1.165) is 45.1 Å². The van der Waals surface area contributed by atoms with E-state index in [2.05, 4.69) is 9.97 Å². The topological polar surface area (TPSA) is 119 Å². The molecule has 2 fully saturated rings. The quantitative estimate of drug-likeness (QED) is 0.769. The fraction of sp³-hybridized carbons (Fsp3) is 0.455. The number of hydrogen-bond acceptors (Lipinski definition) is 6. The standard InChI is InChI=1S/C22H25FN6O2/c23-18-10-14(7-8-15(18)12-24)19-11-20(27-21(25)26-19)28-9-3-6-17(13-28)29(22(30)31)16-4-1-2-5-16/h7-8,10-11,16-17H,1-6,9,13H2,(H,30,31)(H2,25,26,27)/t17-/m1/s1. The Morgan fingerprint density at radius 1 is 1.19 bits per heavy atom. The summed E-state index contributed by atoms with van der Waals surface area (Å²) >= 11 is 0. The van der Waals surface area contributed by atoms with Crippen LogP contribution in [0.5, 0.6) is 0 Å². The maximum atomic E-state index is 14.1. The van der Waals surface area contributed by atoms with E-state index in [1.54, 1.807) is 23.1 Å². The molecule has 0 radical (unpaired) electrons. The number of piperidine rings is 1. The van der Waals surface area contributed by atoms with Crippen LogP contribution in [0.15, 0.2) is 24.3 Å². The summed E-state index contributed by atoms with van der Waals surface area (Å²) in [5, 5.41) is 18.8. The number of hydrogen-bond donors (Lipinski definition) is 2. The van der Waals surface area contributed by atoms with Crippen molar-refractivity contribution in [1.82, 2.24) is 14.9 Å². The van der Waals surface area contributed by atoms with Crippen molar-refractivity contribution < 1.29 is 14.3 Å². The third kappa shape index (κ3) is 4.38. The Labute approximate surface area is 180 Å². The zero-order chi connectivity index (χ0) is 22.0. The number of halogens is 1. The molecule has 31 heavy (non-hydrogen) atoms. The summed E-state index contributed by atoms with van der Waals surface area (Å²) in [5.41, 5.74) is 6.86. The minimum atomic E-state index is -0.866. The molecule has 3 N–H and O–H groups in total. The van der Waals surface area contributed by atoms with Gasteiger partial charge in [-0.15, -0.1) is 0 Å². The Balaban J connectivity index is 1.60. The van der Waals surface area contributed by atoms with Crippen molar-refractivity contribution in [3.63, 3.8) is 0 Å². The molecule has 1 saturated carbocycles. The Morgan fingerprint density at radius 3 is 2.61 bits per heavy atom. The molecule has 162 valence electrons. The lowest BCUT2D eigenvalue weighted by atomic mass is 10.0. The van der Waals surface area contributed by atoms with E-state index in [4.69, 9.17) is 11.0 Å². The van der Waals surface area contributed by atoms with Gasteiger partial charge in [0, 0.05) is 30.8 Å². The number of rotatable bonds is 4. The van der Waals surface area contributed by atoms with Gasteiger partial charge in [0.1, 0.15) is 17.7 Å². The van der Waals surface area contributed by atoms with Crippen molar-refractivity contribution in [3.8, 4) is 17.3 Å². The van der Waals surface area contributed by atoms with Crippen molar-refractivity contribution in [2.24, 2.45) is 0 Å². The normalized spacial score (nSPS) is 19.2. The minimum Gasteiger partial charge on any atom is -0.465 e. The largest absolute Gasteiger partial charge is 0.465 e. The summed E-state index contributed by atoms with van der Waals surface area (Å²) in [5.74, 6) is 0.0319. The molecule has 4 rings (SSSR count). The van der Waals surface area contributed by atoms with Crippen molar-refractivity contribution in [3.05, 3.63) is 35.6 Å². The van der Waals surface area contributed by atoms with E-state index < -0.39 is 11.9 Å². The molecule has 1 aliphatic heterocycles. The summed E-state index contributed by atoms with van der Waals surface area (Å²) in [6, 6.07) is 7.80. The summed E-state index contributed by atoms with van der Waals surface area (Å²) in [6.07, 6.45) is 4.75. The lowest BCUT2D eigenvalue weighted by Crippen LogP contribution is -2.53. The first-order valence-electron chi connectivity index (χ1n) is 10.6. The molecule has 0 unspecified atom stereocenters. The van der Waals surface area contributed by atoms with Gasteiger partial charge in [0.25, 0.3) is 0 Å². The predicted molar refractivity (Wildman–Crippen MR) is 114 cm³/mol. The van der Waals surface area contributed by atoms with Gasteiger partial charge in [-0.05, 0) is 37.8 Å². The molecule has 1 aromatic heterocycles. The fourth-order valence-electron chi connectivity index (χ4n) is 4.71. The fourth-order valence-corrected chi connectivity index (χ4v) is 4.71. The van der Waals surface area contributed by atoms with Crippen LogP contribution in [0.25, 0.3) is 11.3 Å². The molecule has 1 saturated heterocycles. The predicted octanol–water partition coefficient (Wildman–Crippen LogP) is 3.63. The molecular formula is C22H25FN6O2. The number of benzene rings is 1. The Hall–Kier alpha value is -3.41. The number of carbonyl (C=O) groups is 1. The maximum Gasteiger partial charge on any atom is 0.407 e. The number of nitriles is 1. The summed E-state index contributed by atoms with van der Waals surface area (Å²) in [7, 11) is 0. The molecule has 1 amide bonds. The van der Waals surface area contributed by atoms with Gasteiger partial charge in [0.2, 0.25) is 5.95 Å². The van der Waals surface area contributed by atoms with Gasteiger partial charge in [-0.2, -0.15) is 10.2 Å². The molecule has 0 bridgehead atoms. The number of amides is 1. The molecule has 2 heterocycles. The minimum absolute atomic E-state index is 0.0365. The van der Waals surface area contributed by atoms with Crippen molar-refractivity contribution >= 4 is 17.9 Å². The van der Waals surface area contributed by atoms with Crippen molar-refractivity contribution in [2.75, 3.05) is 23.7 Å². The smallest absolute Gasteiger partial charge is 0.407 e. The molecule has 2 aromatic rings. The molecule has 8 nitrogen and oxygen atoms in total. The second-order valence-electron chi connectivity index (χ2n) is 8.15. The summed E-state index contributed by atoms with van der Waals surface area (Å²) in [4.78, 5) is 24.3. The molecule has 0 spiro atoms. The Bertz CT molecular complexity index is 1020. The van der Waals surface area contributed by atoms with Crippen molar-refractivity contribution in [1.29, 1.82) is 5.26 Å². The van der Waals surface area contributed by atoms with Crippen LogP contribution >= 0.6 is 0 Å². The van der Waals surface area contributed by atoms with Crippen LogP contribution in [-0.4, -0.2) is 51.2 Å². The third-order valence-electron chi connectivity index (χ3n) is 6.17. The third-order valence-corrected chi connectivity index (χ3v) is 6.17. The molecule has 2 aliphatic rings. The highest BCUT2D eigenvalue weighted by atomic mass is 19.1. The highest BCUT2D eigenvalue weighted by molar-refractivity contribution is 5.67. The van der Waals surface area contributed by atoms with Crippen LogP contribution in [0.4, 0.5) is 21.0 Å². The monoisotopic (exact) mass is 424 g/mol. The second-order valence-corrected chi connectivity index (χ2v) is 8.15. The zero-order valence-corrected chi connectivity index (χ0v) is 17.2. The number of anilines is 2. The van der Waals surface area contributed by atoms with E-state index in [1.165, 1.54) is 12.1 Å². The van der Waals surface area contributed by atoms with Gasteiger partial charge in [-0.3, -0.25) is 0 Å². The van der Waals surface area contributed by atoms with E-state index >= 15 is 0 Å². The first-order valence-corrected chi connectivity index (χ1v) is 10.6. The summed E-state index contributed by atoms with van der Waals surface area (Å²) in [6.45, 7) is 1.26. The van der Waals surface area contributed by atoms with Crippen LogP contribution in [0, 0.1) is 17.1 Å². The van der Waals surface area contributed by atoms with Crippen LogP contribution in [0.3, 0.4) is 0 Å². The lowest BCUT2D eigenvalue weighted by molar-refractivity contribution is 0.0928. The molecule has 1 aliphatic carbocycles. The zero-order valence-electron chi connectivity index (χ0n) is 17.2. The first-order chi connectivity index (χ1) is 15.0. The highest BCUT2D eigenvalue weighted by Crippen LogP contribution is 2.31. The van der Waals surface area contributed by atoms with Crippen LogP contribution in [0.1, 0.15) is 44.1 Å². The molecule has 9 heteroatoms. The molecule has 1 aromatic carbocycles. The van der Waals surface area contributed by atoms with Gasteiger partial charge in [0.15, 0.2) is 0 Å². The average molecular weight is 424 g/mol. The number of aromatic nitrogens is 2. The van der Waals surface area contributed by atoms with E-state index in [-0.39, 0.29) is 23.6 Å². The van der Waals surface area contributed by atoms with Gasteiger partial charge >= 0.3 is 6.09 Å². The lowest BCUT2D eigenvalue weighted by Gasteiger charge is -2.41. The highest BCUT2D eigenvalue weighted by Gasteiger charge is 2.35. The van der Waals surface area contributed by atoms with Gasteiger partial charge in [-0.1, -0.05) is 18.9 Å². The van der Waals surface area contributed by atoms with Crippen LogP contribution in [-0.2, 0) is 0 Å². The average Bonchev–Trinajstić information content (AvgIpc) is 3.27. The van der Waals surface area contributed by atoms with Crippen molar-refractivity contribution in [2.45, 2.75) is 50.6 Å². The number of nitrogen functional groups attached to an aromatic ring is 1. The van der Waals surface area contributed by atoms with Crippen LogP contribution < -0.4 is 10.6 Å². The number of nitrogens with two attached hydrogens (primary N) is 1. The van der Waals surface area contributed by atoms with Crippen LogP contribution in [0.2, 0.25) is 0 Å². The Kier molecular flexibility index (Phi) is 5.89. The second kappa shape index (κ2) is 8.76. The van der Waals surface area contributed by atoms with E-state index in [1.807, 2.05) is 4.90 Å². The number of nitrogens with zero attached hydrogens (tertiary/aromatic N) is 5. The van der Waals surface area contributed by atoms with E-state index in [9.17, 15) is 14.3 Å². The van der Waals surface area contributed by atoms with Gasteiger partial charge < -0.3 is 20.6 Å². The Morgan fingerprint density at radius 2 is 1.94 bits per heavy atom. The first kappa shape index (κ1) is 20.8. The molecular weight excluding hydrogens is 399 g/mol. The van der Waals surface area contributed by atoms with Gasteiger partial charge in [0.05, 0.1) is 17.3 Å². The summed E-state index contributed by atoms with van der Waals surface area (Å²) < 4.78 is 14.1.